The Hall–Kier alpha value is -0.650. The lowest BCUT2D eigenvalue weighted by molar-refractivity contribution is -0.125. The number of nitrogens with one attached hydrogen (secondary N) is 1. The van der Waals surface area contributed by atoms with Crippen molar-refractivity contribution in [2.75, 3.05) is 6.61 Å². The summed E-state index contributed by atoms with van der Waals surface area (Å²) in [4.78, 5) is 12.3. The summed E-state index contributed by atoms with van der Waals surface area (Å²) in [6, 6.07) is -0.649. The molecule has 0 heterocycles. The average molecular weight is 556 g/mol. The van der Waals surface area contributed by atoms with Gasteiger partial charge in [-0.1, -0.05) is 168 Å². The van der Waals surface area contributed by atoms with Crippen molar-refractivity contribution in [3.8, 4) is 0 Å². The lowest BCUT2D eigenvalue weighted by atomic mass is 10.0. The van der Waals surface area contributed by atoms with Crippen molar-refractivity contribution in [3.05, 3.63) is 0 Å². The zero-order valence-electron chi connectivity index (χ0n) is 26.3. The van der Waals surface area contributed by atoms with Gasteiger partial charge in [0.15, 0.2) is 0 Å². The number of aliphatic hydroxyl groups is 3. The quantitative estimate of drug-likeness (QED) is 0.0644. The fourth-order valence-electron chi connectivity index (χ4n) is 5.46. The van der Waals surface area contributed by atoms with E-state index in [4.69, 9.17) is 0 Å². The first-order valence-electron chi connectivity index (χ1n) is 17.3. The Morgan fingerprint density at radius 2 is 0.872 bits per heavy atom. The molecule has 4 N–H and O–H groups in total. The number of unbranched alkanes of at least 4 members (excludes halogenated alkanes) is 22. The van der Waals surface area contributed by atoms with Crippen LogP contribution in [0.25, 0.3) is 0 Å². The third-order valence-electron chi connectivity index (χ3n) is 8.17. The highest BCUT2D eigenvalue weighted by Crippen LogP contribution is 2.15. The van der Waals surface area contributed by atoms with Crippen molar-refractivity contribution in [2.24, 2.45) is 0 Å². The predicted octanol–water partition coefficient (Wildman–Crippen LogP) is 8.76. The van der Waals surface area contributed by atoms with Crippen LogP contribution in [-0.4, -0.2) is 46.1 Å². The highest BCUT2D eigenvalue weighted by atomic mass is 16.3. The van der Waals surface area contributed by atoms with Crippen LogP contribution in [0.1, 0.15) is 187 Å². The highest BCUT2D eigenvalue weighted by molar-refractivity contribution is 5.76. The molecule has 1 amide bonds. The van der Waals surface area contributed by atoms with Crippen molar-refractivity contribution in [1.29, 1.82) is 0 Å². The van der Waals surface area contributed by atoms with Crippen molar-refractivity contribution >= 4 is 5.91 Å². The number of hydrogen-bond donors (Lipinski definition) is 4. The molecule has 5 heteroatoms. The topological polar surface area (TPSA) is 89.8 Å². The Kier molecular flexibility index (Phi) is 29.8. The highest BCUT2D eigenvalue weighted by Gasteiger charge is 2.21. The van der Waals surface area contributed by atoms with E-state index in [1.807, 2.05) is 0 Å². The van der Waals surface area contributed by atoms with Crippen LogP contribution in [0.4, 0.5) is 0 Å². The molecule has 0 saturated heterocycles. The minimum Gasteiger partial charge on any atom is -0.394 e. The Bertz CT molecular complexity index is 502. The first kappa shape index (κ1) is 38.4. The monoisotopic (exact) mass is 556 g/mol. The normalized spacial score (nSPS) is 13.9. The van der Waals surface area contributed by atoms with Gasteiger partial charge in [-0.25, -0.2) is 0 Å². The van der Waals surface area contributed by atoms with Crippen LogP contribution in [0.3, 0.4) is 0 Å². The molecule has 0 saturated carbocycles. The van der Waals surface area contributed by atoms with Gasteiger partial charge in [0.05, 0.1) is 31.3 Å². The van der Waals surface area contributed by atoms with Crippen LogP contribution in [0.2, 0.25) is 0 Å². The Morgan fingerprint density at radius 1 is 0.538 bits per heavy atom. The lowest BCUT2D eigenvalue weighted by Crippen LogP contribution is -2.46. The zero-order valence-corrected chi connectivity index (χ0v) is 26.3. The fraction of sp³-hybridized carbons (Fsp3) is 0.971. The first-order valence-corrected chi connectivity index (χ1v) is 17.3. The second-order valence-corrected chi connectivity index (χ2v) is 12.1. The van der Waals surface area contributed by atoms with E-state index in [-0.39, 0.29) is 18.9 Å². The van der Waals surface area contributed by atoms with Gasteiger partial charge in [0.2, 0.25) is 5.91 Å². The van der Waals surface area contributed by atoms with Crippen molar-refractivity contribution in [1.82, 2.24) is 5.32 Å². The van der Waals surface area contributed by atoms with Crippen LogP contribution >= 0.6 is 0 Å². The average Bonchev–Trinajstić information content (AvgIpc) is 2.92. The summed E-state index contributed by atoms with van der Waals surface area (Å²) in [6.07, 6.45) is 30.5. The SMILES string of the molecule is CCCCCCCCCCCCCCCCC(O)C(CO)NC(=O)CC(O)CCCCCCCCCCCC. The fourth-order valence-corrected chi connectivity index (χ4v) is 5.46. The van der Waals surface area contributed by atoms with Crippen molar-refractivity contribution in [2.45, 2.75) is 205 Å². The van der Waals surface area contributed by atoms with Gasteiger partial charge in [-0.05, 0) is 12.8 Å². The molecule has 3 unspecified atom stereocenters. The molecule has 0 aromatic rings. The molecule has 0 spiro atoms. The minimum atomic E-state index is -0.740. The van der Waals surface area contributed by atoms with Crippen LogP contribution < -0.4 is 5.32 Å². The second kappa shape index (κ2) is 30.3. The third kappa shape index (κ3) is 27.3. The molecule has 0 rings (SSSR count). The molecule has 5 nitrogen and oxygen atoms in total. The lowest BCUT2D eigenvalue weighted by Gasteiger charge is -2.23. The van der Waals surface area contributed by atoms with E-state index in [0.717, 1.165) is 25.7 Å². The molecule has 0 aliphatic rings. The van der Waals surface area contributed by atoms with E-state index in [1.165, 1.54) is 128 Å². The zero-order chi connectivity index (χ0) is 28.8. The number of aliphatic hydroxyl groups excluding tert-OH is 3. The van der Waals surface area contributed by atoms with Gasteiger partial charge in [-0.3, -0.25) is 4.79 Å². The van der Waals surface area contributed by atoms with Gasteiger partial charge in [0, 0.05) is 0 Å². The van der Waals surface area contributed by atoms with Crippen LogP contribution in [0.15, 0.2) is 0 Å². The molecule has 234 valence electrons. The summed E-state index contributed by atoms with van der Waals surface area (Å²) in [5, 5.41) is 33.1. The number of carbonyl (C=O) groups excluding carboxylic acids is 1. The number of rotatable bonds is 31. The molecule has 39 heavy (non-hydrogen) atoms. The molecule has 0 aliphatic carbocycles. The van der Waals surface area contributed by atoms with Gasteiger partial charge < -0.3 is 20.6 Å². The van der Waals surface area contributed by atoms with Gasteiger partial charge in [-0.2, -0.15) is 0 Å². The molecule has 0 fully saturated rings. The second-order valence-electron chi connectivity index (χ2n) is 12.1. The van der Waals surface area contributed by atoms with Gasteiger partial charge in [-0.15, -0.1) is 0 Å². The number of amides is 1. The van der Waals surface area contributed by atoms with Crippen LogP contribution in [-0.2, 0) is 4.79 Å². The maximum atomic E-state index is 12.3. The largest absolute Gasteiger partial charge is 0.394 e. The molecular weight excluding hydrogens is 486 g/mol. The van der Waals surface area contributed by atoms with E-state index in [0.29, 0.717) is 12.8 Å². The number of carbonyl (C=O) groups is 1. The number of hydrogen-bond acceptors (Lipinski definition) is 4. The van der Waals surface area contributed by atoms with E-state index in [1.54, 1.807) is 0 Å². The third-order valence-corrected chi connectivity index (χ3v) is 8.17. The predicted molar refractivity (Wildman–Crippen MR) is 167 cm³/mol. The van der Waals surface area contributed by atoms with Gasteiger partial charge in [0.1, 0.15) is 0 Å². The molecule has 3 atom stereocenters. The Balaban J connectivity index is 3.68. The van der Waals surface area contributed by atoms with Crippen LogP contribution in [0.5, 0.6) is 0 Å². The molecule has 0 aromatic heterocycles. The molecule has 0 aliphatic heterocycles. The van der Waals surface area contributed by atoms with Crippen molar-refractivity contribution < 1.29 is 20.1 Å². The summed E-state index contributed by atoms with van der Waals surface area (Å²) in [6.45, 7) is 4.23. The van der Waals surface area contributed by atoms with Crippen molar-refractivity contribution in [3.63, 3.8) is 0 Å². The summed E-state index contributed by atoms with van der Waals surface area (Å²) in [5.74, 6) is -0.284. The van der Waals surface area contributed by atoms with Gasteiger partial charge >= 0.3 is 0 Å². The summed E-state index contributed by atoms with van der Waals surface area (Å²) >= 11 is 0. The Morgan fingerprint density at radius 3 is 1.23 bits per heavy atom. The maximum absolute atomic E-state index is 12.3. The van der Waals surface area contributed by atoms with Crippen LogP contribution in [0, 0.1) is 0 Å². The summed E-state index contributed by atoms with van der Waals surface area (Å²) in [7, 11) is 0. The molecule has 0 radical (unpaired) electrons. The first-order chi connectivity index (χ1) is 19.0. The summed E-state index contributed by atoms with van der Waals surface area (Å²) < 4.78 is 0. The standard InChI is InChI=1S/C34H69NO4/c1-3-5-7-9-11-13-15-16-17-18-20-22-24-26-28-33(38)32(30-36)35-34(39)29-31(37)27-25-23-21-19-14-12-10-8-6-4-2/h31-33,36-38H,3-30H2,1-2H3,(H,35,39). The van der Waals surface area contributed by atoms with E-state index in [9.17, 15) is 20.1 Å². The molecule has 0 aromatic carbocycles. The molecular formula is C34H69NO4. The van der Waals surface area contributed by atoms with E-state index >= 15 is 0 Å². The molecule has 0 bridgehead atoms. The maximum Gasteiger partial charge on any atom is 0.222 e. The van der Waals surface area contributed by atoms with E-state index in [2.05, 4.69) is 19.2 Å². The summed E-state index contributed by atoms with van der Waals surface area (Å²) in [5.41, 5.74) is 0. The Labute approximate surface area is 243 Å². The van der Waals surface area contributed by atoms with E-state index < -0.39 is 18.2 Å². The smallest absolute Gasteiger partial charge is 0.222 e. The minimum absolute atomic E-state index is 0.0412. The van der Waals surface area contributed by atoms with Gasteiger partial charge in [0.25, 0.3) is 0 Å².